The molecule has 0 bridgehead atoms. The van der Waals surface area contributed by atoms with Crippen LogP contribution < -0.4 is 5.32 Å². The van der Waals surface area contributed by atoms with Crippen molar-refractivity contribution in [2.24, 2.45) is 0 Å². The summed E-state index contributed by atoms with van der Waals surface area (Å²) in [6.45, 7) is 0. The molecule has 0 aliphatic carbocycles. The first-order valence-corrected chi connectivity index (χ1v) is 7.57. The zero-order valence-electron chi connectivity index (χ0n) is 9.82. The molecule has 0 fully saturated rings. The van der Waals surface area contributed by atoms with Crippen LogP contribution in [0.4, 0.5) is 11.5 Å². The quantitative estimate of drug-likeness (QED) is 0.507. The number of aromatic nitrogens is 2. The minimum atomic E-state index is 0.359. The highest BCUT2D eigenvalue weighted by Gasteiger charge is 2.06. The Morgan fingerprint density at radius 2 is 2.16 bits per heavy atom. The lowest BCUT2D eigenvalue weighted by atomic mass is 10.2. The fourth-order valence-corrected chi connectivity index (χ4v) is 2.38. The fourth-order valence-electron chi connectivity index (χ4n) is 1.41. The Hall–Kier alpha value is -1.29. The zero-order valence-corrected chi connectivity index (χ0v) is 13.0. The van der Waals surface area contributed by atoms with Gasteiger partial charge in [0.05, 0.1) is 11.3 Å². The number of anilines is 2. The number of halogens is 2. The summed E-state index contributed by atoms with van der Waals surface area (Å²) in [4.78, 5) is 8.34. The number of nitrogens with one attached hydrogen (secondary N) is 1. The molecule has 4 nitrogen and oxygen atoms in total. The molecule has 0 radical (unpaired) electrons. The summed E-state index contributed by atoms with van der Waals surface area (Å²) >= 11 is 10.6. The normalized spacial score (nSPS) is 10.0. The van der Waals surface area contributed by atoms with Crippen molar-refractivity contribution in [3.8, 4) is 6.07 Å². The molecule has 0 unspecified atom stereocenters. The van der Waals surface area contributed by atoms with E-state index >= 15 is 0 Å². The Morgan fingerprint density at radius 1 is 1.37 bits per heavy atom. The van der Waals surface area contributed by atoms with Crippen LogP contribution in [0.1, 0.15) is 5.56 Å². The second kappa shape index (κ2) is 6.24. The van der Waals surface area contributed by atoms with Gasteiger partial charge in [0.25, 0.3) is 0 Å². The molecule has 0 spiro atoms. The van der Waals surface area contributed by atoms with Crippen molar-refractivity contribution in [3.63, 3.8) is 0 Å². The number of thioether (sulfide) groups is 1. The molecule has 1 aromatic carbocycles. The summed E-state index contributed by atoms with van der Waals surface area (Å²) in [5, 5.41) is 13.1. The average molecular weight is 356 g/mol. The number of rotatable bonds is 3. The Kier molecular flexibility index (Phi) is 4.64. The summed E-state index contributed by atoms with van der Waals surface area (Å²) in [6.07, 6.45) is 1.87. The molecule has 1 aromatic heterocycles. The third-order valence-electron chi connectivity index (χ3n) is 2.22. The standard InChI is InChI=1S/C12H8BrClN4S/c1-19-12-17-10(14)5-11(18-12)16-9-3-2-8(13)4-7(9)6-15/h2-5H,1H3,(H,16,17,18). The van der Waals surface area contributed by atoms with Crippen LogP contribution in [-0.4, -0.2) is 16.2 Å². The Morgan fingerprint density at radius 3 is 2.84 bits per heavy atom. The Labute approximate surface area is 128 Å². The minimum Gasteiger partial charge on any atom is -0.339 e. The van der Waals surface area contributed by atoms with Crippen molar-refractivity contribution >= 4 is 50.8 Å². The van der Waals surface area contributed by atoms with Crippen molar-refractivity contribution in [1.82, 2.24) is 9.97 Å². The number of nitriles is 1. The van der Waals surface area contributed by atoms with Crippen molar-refractivity contribution in [1.29, 1.82) is 5.26 Å². The van der Waals surface area contributed by atoms with Crippen molar-refractivity contribution in [2.45, 2.75) is 5.16 Å². The van der Waals surface area contributed by atoms with Gasteiger partial charge in [0, 0.05) is 10.5 Å². The van der Waals surface area contributed by atoms with E-state index in [4.69, 9.17) is 16.9 Å². The van der Waals surface area contributed by atoms with E-state index in [0.717, 1.165) is 4.47 Å². The van der Waals surface area contributed by atoms with E-state index in [9.17, 15) is 0 Å². The third kappa shape index (κ3) is 3.60. The van der Waals surface area contributed by atoms with Crippen LogP contribution in [-0.2, 0) is 0 Å². The molecule has 19 heavy (non-hydrogen) atoms. The maximum Gasteiger partial charge on any atom is 0.190 e. The van der Waals surface area contributed by atoms with Gasteiger partial charge in [-0.25, -0.2) is 9.97 Å². The van der Waals surface area contributed by atoms with E-state index in [0.29, 0.717) is 27.4 Å². The molecule has 0 aliphatic rings. The molecular formula is C12H8BrClN4S. The van der Waals surface area contributed by atoms with Gasteiger partial charge >= 0.3 is 0 Å². The van der Waals surface area contributed by atoms with E-state index in [-0.39, 0.29) is 0 Å². The van der Waals surface area contributed by atoms with Gasteiger partial charge in [-0.15, -0.1) is 0 Å². The average Bonchev–Trinajstić information content (AvgIpc) is 2.40. The SMILES string of the molecule is CSc1nc(Cl)cc(Nc2ccc(Br)cc2C#N)n1. The lowest BCUT2D eigenvalue weighted by Crippen LogP contribution is -1.98. The molecule has 96 valence electrons. The number of benzene rings is 1. The summed E-state index contributed by atoms with van der Waals surface area (Å²) in [7, 11) is 0. The van der Waals surface area contributed by atoms with Crippen molar-refractivity contribution in [3.05, 3.63) is 39.5 Å². The fraction of sp³-hybridized carbons (Fsp3) is 0.0833. The zero-order chi connectivity index (χ0) is 13.8. The highest BCUT2D eigenvalue weighted by molar-refractivity contribution is 9.10. The van der Waals surface area contributed by atoms with Gasteiger partial charge in [-0.05, 0) is 24.5 Å². The van der Waals surface area contributed by atoms with Crippen LogP contribution in [0, 0.1) is 11.3 Å². The van der Waals surface area contributed by atoms with Crippen molar-refractivity contribution < 1.29 is 0 Å². The van der Waals surface area contributed by atoms with E-state index in [1.807, 2.05) is 12.3 Å². The van der Waals surface area contributed by atoms with E-state index in [1.165, 1.54) is 11.8 Å². The molecule has 0 saturated carbocycles. The van der Waals surface area contributed by atoms with Crippen LogP contribution in [0.5, 0.6) is 0 Å². The van der Waals surface area contributed by atoms with Gasteiger partial charge in [0.1, 0.15) is 17.0 Å². The topological polar surface area (TPSA) is 61.6 Å². The minimum absolute atomic E-state index is 0.359. The van der Waals surface area contributed by atoms with Crippen LogP contribution in [0.25, 0.3) is 0 Å². The van der Waals surface area contributed by atoms with E-state index in [2.05, 4.69) is 37.3 Å². The van der Waals surface area contributed by atoms with Crippen LogP contribution in [0.3, 0.4) is 0 Å². The maximum atomic E-state index is 9.10. The first-order chi connectivity index (χ1) is 9.12. The van der Waals surface area contributed by atoms with E-state index < -0.39 is 0 Å². The summed E-state index contributed by atoms with van der Waals surface area (Å²) in [5.74, 6) is 0.558. The Balaban J connectivity index is 2.36. The van der Waals surface area contributed by atoms with E-state index in [1.54, 1.807) is 18.2 Å². The van der Waals surface area contributed by atoms with Gasteiger partial charge < -0.3 is 5.32 Å². The van der Waals surface area contributed by atoms with Crippen molar-refractivity contribution in [2.75, 3.05) is 11.6 Å². The van der Waals surface area contributed by atoms with Crippen LogP contribution >= 0.6 is 39.3 Å². The molecular weight excluding hydrogens is 348 g/mol. The smallest absolute Gasteiger partial charge is 0.190 e. The molecule has 7 heteroatoms. The molecule has 0 aliphatic heterocycles. The van der Waals surface area contributed by atoms with Crippen LogP contribution in [0.15, 0.2) is 33.9 Å². The van der Waals surface area contributed by atoms with Crippen LogP contribution in [0.2, 0.25) is 5.15 Å². The lowest BCUT2D eigenvalue weighted by molar-refractivity contribution is 0.976. The lowest BCUT2D eigenvalue weighted by Gasteiger charge is -2.08. The molecule has 0 amide bonds. The van der Waals surface area contributed by atoms with Gasteiger partial charge in [-0.1, -0.05) is 39.3 Å². The Bertz CT molecular complexity index is 657. The van der Waals surface area contributed by atoms with Gasteiger partial charge in [0.15, 0.2) is 5.16 Å². The molecule has 0 saturated heterocycles. The summed E-state index contributed by atoms with van der Waals surface area (Å²) in [5.41, 5.74) is 1.20. The molecule has 1 N–H and O–H groups in total. The highest BCUT2D eigenvalue weighted by Crippen LogP contribution is 2.25. The molecule has 0 atom stereocenters. The molecule has 2 rings (SSSR count). The van der Waals surface area contributed by atoms with Gasteiger partial charge in [-0.2, -0.15) is 5.26 Å². The number of nitrogens with zero attached hydrogens (tertiary/aromatic N) is 3. The molecule has 2 aromatic rings. The summed E-state index contributed by atoms with van der Waals surface area (Å²) < 4.78 is 0.847. The second-order valence-corrected chi connectivity index (χ2v) is 5.57. The van der Waals surface area contributed by atoms with Gasteiger partial charge in [0.2, 0.25) is 0 Å². The monoisotopic (exact) mass is 354 g/mol. The first kappa shape index (κ1) is 14.1. The highest BCUT2D eigenvalue weighted by atomic mass is 79.9. The second-order valence-electron chi connectivity index (χ2n) is 3.49. The third-order valence-corrected chi connectivity index (χ3v) is 3.46. The molecule has 1 heterocycles. The predicted octanol–water partition coefficient (Wildman–Crippen LogP) is 4.23. The predicted molar refractivity (Wildman–Crippen MR) is 81.0 cm³/mol. The number of hydrogen-bond donors (Lipinski definition) is 1. The summed E-state index contributed by atoms with van der Waals surface area (Å²) in [6, 6.07) is 9.13. The number of hydrogen-bond acceptors (Lipinski definition) is 5. The van der Waals surface area contributed by atoms with Gasteiger partial charge in [-0.3, -0.25) is 0 Å². The maximum absolute atomic E-state index is 9.10. The first-order valence-electron chi connectivity index (χ1n) is 5.17. The largest absolute Gasteiger partial charge is 0.339 e.